The molecule has 0 amide bonds. The number of benzene rings is 1. The molecule has 0 aliphatic carbocycles. The van der Waals surface area contributed by atoms with Gasteiger partial charge in [0.05, 0.1) is 15.9 Å². The standard InChI is InChI=1S/C14H16Br2IN3/c1-8-14(16)13(20(3)19-8)7-12(18-2)10-6-9(17)4-5-11(10)15/h4-6,12,18H,7H2,1-3H3. The highest BCUT2D eigenvalue weighted by Crippen LogP contribution is 2.30. The smallest absolute Gasteiger partial charge is 0.0738 e. The van der Waals surface area contributed by atoms with E-state index in [4.69, 9.17) is 0 Å². The topological polar surface area (TPSA) is 29.9 Å². The van der Waals surface area contributed by atoms with Crippen molar-refractivity contribution >= 4 is 54.5 Å². The number of halogens is 3. The van der Waals surface area contributed by atoms with Crippen LogP contribution in [0.25, 0.3) is 0 Å². The second kappa shape index (κ2) is 6.89. The first-order valence-electron chi connectivity index (χ1n) is 6.24. The molecule has 20 heavy (non-hydrogen) atoms. The Kier molecular flexibility index (Phi) is 5.67. The number of hydrogen-bond donors (Lipinski definition) is 1. The molecule has 2 rings (SSSR count). The predicted octanol–water partition coefficient (Wildman–Crippen LogP) is 4.36. The van der Waals surface area contributed by atoms with Gasteiger partial charge in [0.1, 0.15) is 0 Å². The maximum absolute atomic E-state index is 4.46. The second-order valence-corrected chi connectivity index (χ2v) is 7.57. The normalized spacial score (nSPS) is 12.7. The molecule has 1 atom stereocenters. The number of nitrogens with one attached hydrogen (secondary N) is 1. The number of likely N-dealkylation sites (N-methyl/N-ethyl adjacent to an activating group) is 1. The van der Waals surface area contributed by atoms with Gasteiger partial charge < -0.3 is 5.32 Å². The Morgan fingerprint density at radius 1 is 1.40 bits per heavy atom. The third-order valence-corrected chi connectivity index (χ3v) is 5.77. The van der Waals surface area contributed by atoms with Crippen molar-refractivity contribution in [1.29, 1.82) is 0 Å². The fourth-order valence-corrected chi connectivity index (χ4v) is 3.78. The fraction of sp³-hybridized carbons (Fsp3) is 0.357. The Hall–Kier alpha value is 0.0800. The van der Waals surface area contributed by atoms with E-state index in [0.717, 1.165) is 21.1 Å². The summed E-state index contributed by atoms with van der Waals surface area (Å²) in [6, 6.07) is 6.66. The summed E-state index contributed by atoms with van der Waals surface area (Å²) in [5.74, 6) is 0. The highest BCUT2D eigenvalue weighted by Gasteiger charge is 2.19. The van der Waals surface area contributed by atoms with Crippen LogP contribution in [0, 0.1) is 10.5 Å². The minimum atomic E-state index is 0.241. The van der Waals surface area contributed by atoms with Crippen molar-refractivity contribution in [3.63, 3.8) is 0 Å². The number of aromatic nitrogens is 2. The van der Waals surface area contributed by atoms with E-state index >= 15 is 0 Å². The molecule has 0 saturated heterocycles. The first-order chi connectivity index (χ1) is 9.43. The van der Waals surface area contributed by atoms with Crippen LogP contribution in [0.2, 0.25) is 0 Å². The molecule has 1 heterocycles. The molecule has 0 bridgehead atoms. The van der Waals surface area contributed by atoms with Crippen LogP contribution in [0.5, 0.6) is 0 Å². The quantitative estimate of drug-likeness (QED) is 0.617. The van der Waals surface area contributed by atoms with Gasteiger partial charge in [-0.1, -0.05) is 15.9 Å². The summed E-state index contributed by atoms with van der Waals surface area (Å²) in [6.45, 7) is 2.02. The van der Waals surface area contributed by atoms with E-state index in [1.165, 1.54) is 14.8 Å². The first kappa shape index (κ1) is 16.5. The molecule has 1 aromatic heterocycles. The summed E-state index contributed by atoms with van der Waals surface area (Å²) in [5, 5.41) is 7.86. The molecule has 6 heteroatoms. The number of aryl methyl sites for hydroxylation is 2. The molecule has 1 N–H and O–H groups in total. The van der Waals surface area contributed by atoms with Crippen molar-refractivity contribution in [2.24, 2.45) is 7.05 Å². The fourth-order valence-electron chi connectivity index (χ4n) is 2.24. The number of nitrogens with zero attached hydrogens (tertiary/aromatic N) is 2. The Morgan fingerprint density at radius 2 is 2.10 bits per heavy atom. The molecule has 0 saturated carbocycles. The second-order valence-electron chi connectivity index (χ2n) is 4.68. The van der Waals surface area contributed by atoms with Crippen molar-refractivity contribution in [3.8, 4) is 0 Å². The predicted molar refractivity (Wildman–Crippen MR) is 98.0 cm³/mol. The molecular formula is C14H16Br2IN3. The Morgan fingerprint density at radius 3 is 2.65 bits per heavy atom. The molecule has 0 spiro atoms. The zero-order valence-corrected chi connectivity index (χ0v) is 16.9. The molecular weight excluding hydrogens is 497 g/mol. The van der Waals surface area contributed by atoms with Crippen LogP contribution in [0.1, 0.15) is 23.0 Å². The van der Waals surface area contributed by atoms with Gasteiger partial charge in [-0.05, 0) is 76.3 Å². The average molecular weight is 513 g/mol. The van der Waals surface area contributed by atoms with Crippen molar-refractivity contribution in [1.82, 2.24) is 15.1 Å². The lowest BCUT2D eigenvalue weighted by molar-refractivity contribution is 0.558. The van der Waals surface area contributed by atoms with Gasteiger partial charge in [0.15, 0.2) is 0 Å². The SMILES string of the molecule is CNC(Cc1c(Br)c(C)nn1C)c1cc(I)ccc1Br. The van der Waals surface area contributed by atoms with Gasteiger partial charge in [-0.25, -0.2) is 0 Å². The number of hydrogen-bond acceptors (Lipinski definition) is 2. The molecule has 0 radical (unpaired) electrons. The van der Waals surface area contributed by atoms with E-state index < -0.39 is 0 Å². The van der Waals surface area contributed by atoms with Gasteiger partial charge >= 0.3 is 0 Å². The van der Waals surface area contributed by atoms with E-state index in [1.54, 1.807) is 0 Å². The maximum atomic E-state index is 4.46. The van der Waals surface area contributed by atoms with Crippen molar-refractivity contribution < 1.29 is 0 Å². The van der Waals surface area contributed by atoms with E-state index in [-0.39, 0.29) is 6.04 Å². The van der Waals surface area contributed by atoms with Crippen LogP contribution in [-0.4, -0.2) is 16.8 Å². The van der Waals surface area contributed by atoms with Gasteiger partial charge in [-0.2, -0.15) is 5.10 Å². The summed E-state index contributed by atoms with van der Waals surface area (Å²) in [5.41, 5.74) is 3.50. The molecule has 3 nitrogen and oxygen atoms in total. The third kappa shape index (κ3) is 3.45. The Bertz CT molecular complexity index is 625. The van der Waals surface area contributed by atoms with Crippen LogP contribution in [-0.2, 0) is 13.5 Å². The van der Waals surface area contributed by atoms with Crippen molar-refractivity contribution in [2.45, 2.75) is 19.4 Å². The summed E-state index contributed by atoms with van der Waals surface area (Å²) in [4.78, 5) is 0. The highest BCUT2D eigenvalue weighted by molar-refractivity contribution is 14.1. The van der Waals surface area contributed by atoms with Crippen molar-refractivity contribution in [2.75, 3.05) is 7.05 Å². The monoisotopic (exact) mass is 511 g/mol. The van der Waals surface area contributed by atoms with E-state index in [2.05, 4.69) is 83.1 Å². The van der Waals surface area contributed by atoms with Crippen LogP contribution < -0.4 is 5.32 Å². The molecule has 0 aliphatic rings. The van der Waals surface area contributed by atoms with Gasteiger partial charge in [0.25, 0.3) is 0 Å². The molecule has 1 unspecified atom stereocenters. The minimum Gasteiger partial charge on any atom is -0.313 e. The lowest BCUT2D eigenvalue weighted by Gasteiger charge is -2.19. The summed E-state index contributed by atoms with van der Waals surface area (Å²) >= 11 is 9.63. The molecule has 0 fully saturated rings. The summed E-state index contributed by atoms with van der Waals surface area (Å²) in [7, 11) is 3.98. The average Bonchev–Trinajstić information content (AvgIpc) is 2.65. The molecule has 1 aromatic carbocycles. The van der Waals surface area contributed by atoms with Gasteiger partial charge in [0.2, 0.25) is 0 Å². The lowest BCUT2D eigenvalue weighted by Crippen LogP contribution is -2.21. The summed E-state index contributed by atoms with van der Waals surface area (Å²) < 4.78 is 5.42. The van der Waals surface area contributed by atoms with Crippen LogP contribution in [0.3, 0.4) is 0 Å². The van der Waals surface area contributed by atoms with E-state index in [9.17, 15) is 0 Å². The maximum Gasteiger partial charge on any atom is 0.0738 e. The Balaban J connectivity index is 2.36. The van der Waals surface area contributed by atoms with Crippen LogP contribution in [0.4, 0.5) is 0 Å². The highest BCUT2D eigenvalue weighted by atomic mass is 127. The zero-order valence-electron chi connectivity index (χ0n) is 11.5. The van der Waals surface area contributed by atoms with Gasteiger partial charge in [0, 0.05) is 27.6 Å². The third-order valence-electron chi connectivity index (χ3n) is 3.34. The van der Waals surface area contributed by atoms with E-state index in [1.807, 2.05) is 25.7 Å². The van der Waals surface area contributed by atoms with Gasteiger partial charge in [-0.3, -0.25) is 4.68 Å². The number of rotatable bonds is 4. The van der Waals surface area contributed by atoms with Crippen LogP contribution >= 0.6 is 54.5 Å². The molecule has 0 aliphatic heterocycles. The van der Waals surface area contributed by atoms with E-state index in [0.29, 0.717) is 0 Å². The largest absolute Gasteiger partial charge is 0.313 e. The van der Waals surface area contributed by atoms with Crippen molar-refractivity contribution in [3.05, 3.63) is 47.7 Å². The Labute approximate surface area is 149 Å². The van der Waals surface area contributed by atoms with Crippen LogP contribution in [0.15, 0.2) is 27.1 Å². The molecule has 108 valence electrons. The summed E-state index contributed by atoms with van der Waals surface area (Å²) in [6.07, 6.45) is 0.882. The first-order valence-corrected chi connectivity index (χ1v) is 8.90. The van der Waals surface area contributed by atoms with Gasteiger partial charge in [-0.15, -0.1) is 0 Å². The zero-order chi connectivity index (χ0) is 14.9. The lowest BCUT2D eigenvalue weighted by atomic mass is 10.0. The minimum absolute atomic E-state index is 0.241. The molecule has 2 aromatic rings.